The maximum atomic E-state index is 6.69. The van der Waals surface area contributed by atoms with Gasteiger partial charge in [-0.2, -0.15) is 0 Å². The van der Waals surface area contributed by atoms with Crippen molar-refractivity contribution in [3.05, 3.63) is 192 Å². The summed E-state index contributed by atoms with van der Waals surface area (Å²) < 4.78 is 13.4. The van der Waals surface area contributed by atoms with Crippen molar-refractivity contribution in [2.45, 2.75) is 38.5 Å². The van der Waals surface area contributed by atoms with Crippen LogP contribution < -0.4 is 4.90 Å². The van der Waals surface area contributed by atoms with Crippen molar-refractivity contribution in [3.63, 3.8) is 0 Å². The molecule has 0 amide bonds. The number of rotatable bonds is 5. The summed E-state index contributed by atoms with van der Waals surface area (Å²) in [5.41, 5.74) is 19.6. The van der Waals surface area contributed by atoms with Crippen molar-refractivity contribution < 1.29 is 8.83 Å². The fraction of sp³-hybridized carbons (Fsp3) is 0.109. The van der Waals surface area contributed by atoms with E-state index >= 15 is 0 Å². The van der Waals surface area contributed by atoms with Gasteiger partial charge in [0.1, 0.15) is 16.7 Å². The number of fused-ring (bicyclic) bond motifs is 10. The Bertz CT molecular complexity index is 3220. The van der Waals surface area contributed by atoms with Gasteiger partial charge in [-0.25, -0.2) is 4.98 Å². The molecule has 8 aromatic carbocycles. The van der Waals surface area contributed by atoms with E-state index in [2.05, 4.69) is 160 Å². The molecular formula is C55H40N2O2. The molecule has 59 heavy (non-hydrogen) atoms. The van der Waals surface area contributed by atoms with E-state index in [1.165, 1.54) is 44.5 Å². The monoisotopic (exact) mass is 760 g/mol. The summed E-state index contributed by atoms with van der Waals surface area (Å²) in [5, 5.41) is 2.07. The molecule has 0 spiro atoms. The van der Waals surface area contributed by atoms with Gasteiger partial charge in [-0.05, 0) is 87.5 Å². The molecule has 282 valence electrons. The molecule has 0 bridgehead atoms. The number of furan rings is 1. The smallest absolute Gasteiger partial charge is 0.227 e. The summed E-state index contributed by atoms with van der Waals surface area (Å²) in [5.74, 6) is 0.587. The second-order valence-electron chi connectivity index (χ2n) is 17.1. The third-order valence-electron chi connectivity index (χ3n) is 13.1. The van der Waals surface area contributed by atoms with Crippen LogP contribution in [0.2, 0.25) is 0 Å². The van der Waals surface area contributed by atoms with E-state index in [1.54, 1.807) is 0 Å². The first kappa shape index (κ1) is 33.9. The van der Waals surface area contributed by atoms with Crippen LogP contribution in [0.3, 0.4) is 0 Å². The van der Waals surface area contributed by atoms with E-state index in [4.69, 9.17) is 13.8 Å². The molecule has 0 saturated heterocycles. The number of benzene rings is 8. The summed E-state index contributed by atoms with van der Waals surface area (Å²) >= 11 is 0. The Morgan fingerprint density at radius 1 is 0.441 bits per heavy atom. The standard InChI is InChI=1S/C55H40N2O2/c1-54(2)40-21-11-8-19-37(40)49-42(54)23-14-25-45(49)57(46-26-15-24-43-50(46)38-20-9-12-22-41(38)55(43,3)4)35-30-28-33(29-31-35)48-51-39(36-18-10-13-27-47(36)58-51)32-44-52(48)59-53(56-44)34-16-6-5-7-17-34/h5-32H,1-4H3. The van der Waals surface area contributed by atoms with Crippen molar-refractivity contribution in [3.8, 4) is 44.8 Å². The number of oxazole rings is 1. The number of aromatic nitrogens is 1. The van der Waals surface area contributed by atoms with Gasteiger partial charge in [0.05, 0.1) is 16.9 Å². The molecule has 2 heterocycles. The largest absolute Gasteiger partial charge is 0.455 e. The lowest BCUT2D eigenvalue weighted by Gasteiger charge is -2.31. The highest BCUT2D eigenvalue weighted by Crippen LogP contribution is 2.58. The molecule has 0 N–H and O–H groups in total. The van der Waals surface area contributed by atoms with Crippen molar-refractivity contribution in [2.24, 2.45) is 0 Å². The summed E-state index contributed by atoms with van der Waals surface area (Å²) in [6, 6.07) is 60.9. The Balaban J connectivity index is 1.11. The van der Waals surface area contributed by atoms with Gasteiger partial charge in [0.15, 0.2) is 5.58 Å². The van der Waals surface area contributed by atoms with E-state index in [0.29, 0.717) is 11.5 Å². The molecule has 4 heteroatoms. The van der Waals surface area contributed by atoms with Crippen LogP contribution in [0, 0.1) is 0 Å². The quantitative estimate of drug-likeness (QED) is 0.175. The van der Waals surface area contributed by atoms with Crippen molar-refractivity contribution >= 4 is 50.1 Å². The summed E-state index contributed by atoms with van der Waals surface area (Å²) in [6.07, 6.45) is 0. The van der Waals surface area contributed by atoms with E-state index in [1.807, 2.05) is 42.5 Å². The highest BCUT2D eigenvalue weighted by molar-refractivity contribution is 6.16. The van der Waals surface area contributed by atoms with Gasteiger partial charge in [0.2, 0.25) is 5.89 Å². The molecule has 0 radical (unpaired) electrons. The minimum atomic E-state index is -0.142. The lowest BCUT2D eigenvalue weighted by atomic mass is 9.82. The van der Waals surface area contributed by atoms with Crippen molar-refractivity contribution in [1.82, 2.24) is 4.98 Å². The first-order valence-corrected chi connectivity index (χ1v) is 20.5. The normalized spacial score (nSPS) is 14.4. The first-order valence-electron chi connectivity index (χ1n) is 20.5. The fourth-order valence-corrected chi connectivity index (χ4v) is 10.2. The van der Waals surface area contributed by atoms with Crippen LogP contribution >= 0.6 is 0 Å². The van der Waals surface area contributed by atoms with Gasteiger partial charge in [0.25, 0.3) is 0 Å². The maximum Gasteiger partial charge on any atom is 0.227 e. The molecule has 12 rings (SSSR count). The first-order chi connectivity index (χ1) is 28.8. The zero-order chi connectivity index (χ0) is 39.6. The minimum absolute atomic E-state index is 0.142. The fourth-order valence-electron chi connectivity index (χ4n) is 10.2. The van der Waals surface area contributed by atoms with Gasteiger partial charge in [-0.15, -0.1) is 0 Å². The van der Waals surface area contributed by atoms with Crippen LogP contribution in [0.5, 0.6) is 0 Å². The Morgan fingerprint density at radius 2 is 1.00 bits per heavy atom. The predicted octanol–water partition coefficient (Wildman–Crippen LogP) is 15.1. The van der Waals surface area contributed by atoms with E-state index < -0.39 is 0 Å². The van der Waals surface area contributed by atoms with E-state index in [9.17, 15) is 0 Å². The summed E-state index contributed by atoms with van der Waals surface area (Å²) in [6.45, 7) is 9.41. The van der Waals surface area contributed by atoms with Crippen LogP contribution in [-0.2, 0) is 10.8 Å². The molecule has 10 aromatic rings. The van der Waals surface area contributed by atoms with Gasteiger partial charge < -0.3 is 13.7 Å². The van der Waals surface area contributed by atoms with E-state index in [0.717, 1.165) is 61.2 Å². The zero-order valence-electron chi connectivity index (χ0n) is 33.4. The molecule has 0 atom stereocenters. The summed E-state index contributed by atoms with van der Waals surface area (Å²) in [4.78, 5) is 7.54. The highest BCUT2D eigenvalue weighted by Gasteiger charge is 2.40. The van der Waals surface area contributed by atoms with Gasteiger partial charge in [0, 0.05) is 44.0 Å². The number of hydrogen-bond acceptors (Lipinski definition) is 4. The minimum Gasteiger partial charge on any atom is -0.455 e. The van der Waals surface area contributed by atoms with Gasteiger partial charge in [-0.3, -0.25) is 0 Å². The SMILES string of the molecule is CC1(C)c2ccccc2-c2c(N(c3ccc(-c4c5oc(-c6ccccc6)nc5cc5c4oc4ccccc45)cc3)c3cccc4c3-c3ccccc3C4(C)C)cccc21. The Labute approximate surface area is 343 Å². The third-order valence-corrected chi connectivity index (χ3v) is 13.1. The number of para-hydroxylation sites is 1. The van der Waals surface area contributed by atoms with E-state index in [-0.39, 0.29) is 10.8 Å². The Kier molecular flexibility index (Phi) is 7.00. The Morgan fingerprint density at radius 3 is 1.64 bits per heavy atom. The molecule has 2 aliphatic rings. The lowest BCUT2D eigenvalue weighted by molar-refractivity contribution is 0.619. The molecule has 4 nitrogen and oxygen atoms in total. The molecule has 2 aromatic heterocycles. The van der Waals surface area contributed by atoms with Crippen LogP contribution in [0.15, 0.2) is 179 Å². The van der Waals surface area contributed by atoms with Gasteiger partial charge in [-0.1, -0.05) is 149 Å². The molecule has 0 fully saturated rings. The number of anilines is 3. The van der Waals surface area contributed by atoms with Crippen LogP contribution in [0.25, 0.3) is 77.9 Å². The Hall–Kier alpha value is -7.17. The van der Waals surface area contributed by atoms with Crippen LogP contribution in [-0.4, -0.2) is 4.98 Å². The summed E-state index contributed by atoms with van der Waals surface area (Å²) in [7, 11) is 0. The zero-order valence-corrected chi connectivity index (χ0v) is 33.4. The molecule has 2 aliphatic carbocycles. The maximum absolute atomic E-state index is 6.69. The molecule has 0 saturated carbocycles. The molecule has 0 unspecified atom stereocenters. The predicted molar refractivity (Wildman–Crippen MR) is 242 cm³/mol. The number of hydrogen-bond donors (Lipinski definition) is 0. The van der Waals surface area contributed by atoms with Crippen LogP contribution in [0.1, 0.15) is 49.9 Å². The number of nitrogens with zero attached hydrogens (tertiary/aromatic N) is 2. The van der Waals surface area contributed by atoms with Crippen LogP contribution in [0.4, 0.5) is 17.1 Å². The lowest BCUT2D eigenvalue weighted by Crippen LogP contribution is -2.17. The van der Waals surface area contributed by atoms with Crippen molar-refractivity contribution in [1.29, 1.82) is 0 Å². The second kappa shape index (κ2) is 12.2. The second-order valence-corrected chi connectivity index (χ2v) is 17.1. The van der Waals surface area contributed by atoms with Gasteiger partial charge >= 0.3 is 0 Å². The molecular weight excluding hydrogens is 721 g/mol. The topological polar surface area (TPSA) is 42.4 Å². The third kappa shape index (κ3) is 4.74. The average molecular weight is 761 g/mol. The van der Waals surface area contributed by atoms with Crippen molar-refractivity contribution in [2.75, 3.05) is 4.90 Å². The average Bonchev–Trinajstić information content (AvgIpc) is 3.99. The molecule has 0 aliphatic heterocycles. The highest BCUT2D eigenvalue weighted by atomic mass is 16.4.